The Balaban J connectivity index is 1.54. The molecule has 4 nitrogen and oxygen atoms in total. The van der Waals surface area contributed by atoms with Crippen LogP contribution < -0.4 is 5.32 Å². The maximum absolute atomic E-state index is 12.8. The monoisotopic (exact) mass is 383 g/mol. The maximum atomic E-state index is 12.8. The van der Waals surface area contributed by atoms with Crippen LogP contribution in [0.15, 0.2) is 35.7 Å². The first-order chi connectivity index (χ1) is 12.6. The van der Waals surface area contributed by atoms with E-state index >= 15 is 0 Å². The van der Waals surface area contributed by atoms with Crippen LogP contribution in [0.2, 0.25) is 0 Å². The first-order valence-electron chi connectivity index (χ1n) is 8.81. The number of hydrogen-bond acceptors (Lipinski definition) is 5. The quantitative estimate of drug-likeness (QED) is 0.703. The van der Waals surface area contributed by atoms with Gasteiger partial charge in [0.1, 0.15) is 4.88 Å². The highest BCUT2D eigenvalue weighted by Crippen LogP contribution is 2.32. The second-order valence-electron chi connectivity index (χ2n) is 6.49. The van der Waals surface area contributed by atoms with Crippen molar-refractivity contribution in [1.82, 2.24) is 9.88 Å². The van der Waals surface area contributed by atoms with Gasteiger partial charge in [-0.15, -0.1) is 22.7 Å². The van der Waals surface area contributed by atoms with Crippen LogP contribution in [-0.2, 0) is 13.0 Å². The number of aryl methyl sites for hydroxylation is 1. The van der Waals surface area contributed by atoms with Crippen molar-refractivity contribution in [2.24, 2.45) is 0 Å². The lowest BCUT2D eigenvalue weighted by molar-refractivity contribution is 0.103. The van der Waals surface area contributed by atoms with E-state index in [1.165, 1.54) is 21.8 Å². The van der Waals surface area contributed by atoms with Crippen LogP contribution in [0, 0.1) is 6.92 Å². The summed E-state index contributed by atoms with van der Waals surface area (Å²) in [5.41, 5.74) is 4.40. The summed E-state index contributed by atoms with van der Waals surface area (Å²) in [6.07, 6.45) is 0.961. The van der Waals surface area contributed by atoms with Crippen LogP contribution in [0.3, 0.4) is 0 Å². The van der Waals surface area contributed by atoms with Gasteiger partial charge in [0, 0.05) is 30.0 Å². The van der Waals surface area contributed by atoms with Gasteiger partial charge in [0.2, 0.25) is 0 Å². The lowest BCUT2D eigenvalue weighted by Gasteiger charge is -2.23. The van der Waals surface area contributed by atoms with E-state index in [-0.39, 0.29) is 5.91 Å². The summed E-state index contributed by atoms with van der Waals surface area (Å²) in [5, 5.41) is 5.69. The largest absolute Gasteiger partial charge is 0.298 e. The van der Waals surface area contributed by atoms with Crippen molar-refractivity contribution in [3.63, 3.8) is 0 Å². The van der Waals surface area contributed by atoms with Gasteiger partial charge in [0.25, 0.3) is 5.91 Å². The Bertz CT molecular complexity index is 927. The number of aromatic nitrogens is 1. The molecular formula is C20H21N3OS2. The molecule has 1 aliphatic rings. The van der Waals surface area contributed by atoms with Crippen LogP contribution in [0.1, 0.15) is 32.7 Å². The smallest absolute Gasteiger partial charge is 0.268 e. The summed E-state index contributed by atoms with van der Waals surface area (Å²) >= 11 is 3.07. The molecule has 1 amide bonds. The molecule has 0 bridgehead atoms. The number of thiazole rings is 1. The van der Waals surface area contributed by atoms with Crippen molar-refractivity contribution in [2.45, 2.75) is 26.8 Å². The summed E-state index contributed by atoms with van der Waals surface area (Å²) < 4.78 is 0. The zero-order chi connectivity index (χ0) is 18.1. The molecule has 0 aliphatic carbocycles. The predicted octanol–water partition coefficient (Wildman–Crippen LogP) is 4.81. The third-order valence-corrected chi connectivity index (χ3v) is 6.62. The number of likely N-dealkylation sites (N-methyl/N-ethyl adjacent to an activating group) is 1. The molecule has 0 unspecified atom stereocenters. The number of amides is 1. The number of anilines is 1. The van der Waals surface area contributed by atoms with Crippen LogP contribution in [0.25, 0.3) is 11.1 Å². The molecule has 1 N–H and O–H groups in total. The minimum atomic E-state index is -0.0750. The van der Waals surface area contributed by atoms with Crippen molar-refractivity contribution in [2.75, 3.05) is 18.4 Å². The molecule has 6 heteroatoms. The molecular weight excluding hydrogens is 362 g/mol. The Morgan fingerprint density at radius 1 is 1.27 bits per heavy atom. The number of rotatable bonds is 4. The highest BCUT2D eigenvalue weighted by Gasteiger charge is 2.21. The molecule has 3 heterocycles. The van der Waals surface area contributed by atoms with E-state index in [0.29, 0.717) is 5.13 Å². The SMILES string of the molecule is CCN1CCc2nc(NC(=O)c3sccc3-c3ccc(C)cc3)sc2C1. The van der Waals surface area contributed by atoms with Crippen LogP contribution in [0.5, 0.6) is 0 Å². The normalized spacial score (nSPS) is 14.2. The average molecular weight is 384 g/mol. The second kappa shape index (κ2) is 7.31. The summed E-state index contributed by atoms with van der Waals surface area (Å²) in [6.45, 7) is 7.28. The fourth-order valence-corrected chi connectivity index (χ4v) is 5.03. The topological polar surface area (TPSA) is 45.2 Å². The van der Waals surface area contributed by atoms with Gasteiger partial charge in [-0.05, 0) is 30.5 Å². The predicted molar refractivity (Wildman–Crippen MR) is 109 cm³/mol. The third kappa shape index (κ3) is 3.45. The fourth-order valence-electron chi connectivity index (χ4n) is 3.17. The van der Waals surface area contributed by atoms with Gasteiger partial charge >= 0.3 is 0 Å². The number of fused-ring (bicyclic) bond motifs is 1. The Hall–Kier alpha value is -2.02. The highest BCUT2D eigenvalue weighted by molar-refractivity contribution is 7.16. The lowest BCUT2D eigenvalue weighted by Crippen LogP contribution is -2.29. The molecule has 0 saturated heterocycles. The molecule has 3 aromatic rings. The molecule has 0 radical (unpaired) electrons. The minimum Gasteiger partial charge on any atom is -0.298 e. The van der Waals surface area contributed by atoms with Crippen molar-refractivity contribution < 1.29 is 4.79 Å². The molecule has 4 rings (SSSR count). The Kier molecular flexibility index (Phi) is 4.89. The van der Waals surface area contributed by atoms with Gasteiger partial charge in [-0.25, -0.2) is 4.98 Å². The van der Waals surface area contributed by atoms with E-state index in [0.717, 1.165) is 47.8 Å². The molecule has 26 heavy (non-hydrogen) atoms. The molecule has 1 aromatic carbocycles. The number of benzene rings is 1. The molecule has 0 spiro atoms. The number of thiophene rings is 1. The number of carbonyl (C=O) groups is 1. The summed E-state index contributed by atoms with van der Waals surface area (Å²) in [7, 11) is 0. The second-order valence-corrected chi connectivity index (χ2v) is 8.49. The Labute approximate surface area is 161 Å². The number of nitrogens with one attached hydrogen (secondary N) is 1. The van der Waals surface area contributed by atoms with E-state index in [9.17, 15) is 4.79 Å². The van der Waals surface area contributed by atoms with Gasteiger partial charge in [-0.2, -0.15) is 0 Å². The van der Waals surface area contributed by atoms with Crippen molar-refractivity contribution in [3.8, 4) is 11.1 Å². The number of carbonyl (C=O) groups excluding carboxylic acids is 1. The molecule has 0 saturated carbocycles. The van der Waals surface area contributed by atoms with Crippen LogP contribution in [0.4, 0.5) is 5.13 Å². The number of hydrogen-bond donors (Lipinski definition) is 1. The van der Waals surface area contributed by atoms with Crippen molar-refractivity contribution >= 4 is 33.7 Å². The van der Waals surface area contributed by atoms with E-state index < -0.39 is 0 Å². The van der Waals surface area contributed by atoms with E-state index in [1.807, 2.05) is 11.4 Å². The van der Waals surface area contributed by atoms with Crippen molar-refractivity contribution in [1.29, 1.82) is 0 Å². The molecule has 134 valence electrons. The summed E-state index contributed by atoms with van der Waals surface area (Å²) in [5.74, 6) is -0.0750. The van der Waals surface area contributed by atoms with Gasteiger partial charge < -0.3 is 0 Å². The first-order valence-corrected chi connectivity index (χ1v) is 10.5. The minimum absolute atomic E-state index is 0.0750. The molecule has 1 aliphatic heterocycles. The zero-order valence-electron chi connectivity index (χ0n) is 14.9. The van der Waals surface area contributed by atoms with Crippen LogP contribution in [-0.4, -0.2) is 28.9 Å². The van der Waals surface area contributed by atoms with Crippen molar-refractivity contribution in [3.05, 3.63) is 56.7 Å². The maximum Gasteiger partial charge on any atom is 0.268 e. The third-order valence-electron chi connectivity index (χ3n) is 4.71. The number of nitrogens with zero attached hydrogens (tertiary/aromatic N) is 2. The van der Waals surface area contributed by atoms with Gasteiger partial charge in [0.15, 0.2) is 5.13 Å². The van der Waals surface area contributed by atoms with E-state index in [4.69, 9.17) is 0 Å². The van der Waals surface area contributed by atoms with Gasteiger partial charge in [-0.1, -0.05) is 36.8 Å². The standard InChI is InChI=1S/C20H21N3OS2/c1-3-23-10-8-16-17(12-23)26-20(21-16)22-19(24)18-15(9-11-25-18)14-6-4-13(2)5-7-14/h4-7,9,11H,3,8,10,12H2,1-2H3,(H,21,22,24). The van der Waals surface area contributed by atoms with Crippen LogP contribution >= 0.6 is 22.7 Å². The molecule has 0 atom stereocenters. The average Bonchev–Trinajstić information content (AvgIpc) is 3.28. The van der Waals surface area contributed by atoms with Gasteiger partial charge in [0.05, 0.1) is 5.69 Å². The summed E-state index contributed by atoms with van der Waals surface area (Å²) in [6, 6.07) is 10.3. The molecule has 2 aromatic heterocycles. The first kappa shape index (κ1) is 17.4. The van der Waals surface area contributed by atoms with E-state index in [1.54, 1.807) is 11.3 Å². The fraction of sp³-hybridized carbons (Fsp3) is 0.300. The molecule has 0 fully saturated rings. The summed E-state index contributed by atoms with van der Waals surface area (Å²) in [4.78, 5) is 21.9. The Morgan fingerprint density at radius 3 is 2.85 bits per heavy atom. The zero-order valence-corrected chi connectivity index (χ0v) is 16.5. The van der Waals surface area contributed by atoms with Gasteiger partial charge in [-0.3, -0.25) is 15.0 Å². The Morgan fingerprint density at radius 2 is 2.08 bits per heavy atom. The highest BCUT2D eigenvalue weighted by atomic mass is 32.1. The lowest BCUT2D eigenvalue weighted by atomic mass is 10.0. The van der Waals surface area contributed by atoms with E-state index in [2.05, 4.69) is 53.3 Å².